The van der Waals surface area contributed by atoms with E-state index in [4.69, 9.17) is 4.74 Å². The fraction of sp³-hybridized carbons (Fsp3) is 0.478. The van der Waals surface area contributed by atoms with E-state index in [0.29, 0.717) is 12.5 Å². The fourth-order valence-corrected chi connectivity index (χ4v) is 5.11. The van der Waals surface area contributed by atoms with Gasteiger partial charge in [-0.3, -0.25) is 9.88 Å². The molecule has 30 heavy (non-hydrogen) atoms. The summed E-state index contributed by atoms with van der Waals surface area (Å²) in [5.41, 5.74) is 3.59. The van der Waals surface area contributed by atoms with Gasteiger partial charge in [-0.15, -0.1) is 11.3 Å². The minimum atomic E-state index is -0.130. The molecule has 0 spiro atoms. The van der Waals surface area contributed by atoms with Crippen LogP contribution in [0.4, 0.5) is 4.39 Å². The molecule has 4 rings (SSSR count). The number of nitrogens with zero attached hydrogens (tertiary/aromatic N) is 3. The zero-order valence-corrected chi connectivity index (χ0v) is 19.9. The number of aryl methyl sites for hydroxylation is 3. The van der Waals surface area contributed by atoms with Crippen LogP contribution in [0, 0.1) is 32.5 Å². The zero-order valence-electron chi connectivity index (χ0n) is 18.0. The number of pyridine rings is 1. The van der Waals surface area contributed by atoms with Crippen molar-refractivity contribution in [1.29, 1.82) is 0 Å². The average molecular weight is 448 g/mol. The van der Waals surface area contributed by atoms with Crippen LogP contribution in [0.15, 0.2) is 24.3 Å². The van der Waals surface area contributed by atoms with E-state index in [9.17, 15) is 4.39 Å². The predicted molar refractivity (Wildman–Crippen MR) is 127 cm³/mol. The summed E-state index contributed by atoms with van der Waals surface area (Å²) in [6, 6.07) is 7.56. The highest BCUT2D eigenvalue weighted by molar-refractivity contribution is 7.59. The fourth-order valence-electron chi connectivity index (χ4n) is 4.28. The Morgan fingerprint density at radius 1 is 1.17 bits per heavy atom. The Hall–Kier alpha value is -1.70. The van der Waals surface area contributed by atoms with Gasteiger partial charge in [0.05, 0.1) is 21.8 Å². The molecule has 0 aliphatic carbocycles. The molecule has 1 aliphatic heterocycles. The molecule has 1 saturated heterocycles. The van der Waals surface area contributed by atoms with Gasteiger partial charge in [0.1, 0.15) is 11.6 Å². The molecule has 3 aromatic rings. The normalized spacial score (nSPS) is 18.2. The third-order valence-electron chi connectivity index (χ3n) is 5.70. The van der Waals surface area contributed by atoms with E-state index in [1.807, 2.05) is 39.0 Å². The van der Waals surface area contributed by atoms with Crippen LogP contribution in [0.1, 0.15) is 47.8 Å². The molecule has 2 aromatic heterocycles. The lowest BCUT2D eigenvalue weighted by Gasteiger charge is -2.37. The van der Waals surface area contributed by atoms with Gasteiger partial charge in [0, 0.05) is 47.6 Å². The average Bonchev–Trinajstić information content (AvgIpc) is 3.03. The Morgan fingerprint density at radius 3 is 2.63 bits per heavy atom. The van der Waals surface area contributed by atoms with Crippen molar-refractivity contribution in [2.75, 3.05) is 19.7 Å². The Morgan fingerprint density at radius 2 is 1.90 bits per heavy atom. The Bertz CT molecular complexity index is 1000. The van der Waals surface area contributed by atoms with E-state index in [1.54, 1.807) is 17.4 Å². The molecule has 0 N–H and O–H groups in total. The second-order valence-electron chi connectivity index (χ2n) is 8.15. The first kappa shape index (κ1) is 23.0. The van der Waals surface area contributed by atoms with E-state index >= 15 is 0 Å². The number of thiazole rings is 1. The quantitative estimate of drug-likeness (QED) is 0.501. The van der Waals surface area contributed by atoms with Crippen LogP contribution in [-0.2, 0) is 0 Å². The molecule has 2 atom stereocenters. The molecule has 0 saturated carbocycles. The first-order chi connectivity index (χ1) is 13.9. The first-order valence-electron chi connectivity index (χ1n) is 10.3. The molecule has 3 heterocycles. The standard InChI is InChI=1S/C23H28FN3OS.H2S/c1-14-8-19(9-15(2)25-14)28-13-18-6-5-7-27(12-18)16(3)20-10-22-23(11-21(20)24)29-17(4)26-22;/h8-11,16,18H,5-7,12-13H2,1-4H3;1H2/t16?,18-;/m0./s1. The van der Waals surface area contributed by atoms with Crippen LogP contribution in [-0.4, -0.2) is 34.6 Å². The smallest absolute Gasteiger partial charge is 0.129 e. The van der Waals surface area contributed by atoms with Crippen molar-refractivity contribution in [3.63, 3.8) is 0 Å². The van der Waals surface area contributed by atoms with Crippen molar-refractivity contribution in [2.24, 2.45) is 5.92 Å². The van der Waals surface area contributed by atoms with Crippen LogP contribution >= 0.6 is 24.8 Å². The van der Waals surface area contributed by atoms with Crippen LogP contribution in [0.5, 0.6) is 5.75 Å². The molecular formula is C23H30FN3OS2. The summed E-state index contributed by atoms with van der Waals surface area (Å²) < 4.78 is 21.8. The monoisotopic (exact) mass is 447 g/mol. The summed E-state index contributed by atoms with van der Waals surface area (Å²) in [5.74, 6) is 1.19. The number of rotatable bonds is 5. The molecule has 7 heteroatoms. The van der Waals surface area contributed by atoms with Crippen molar-refractivity contribution < 1.29 is 9.13 Å². The van der Waals surface area contributed by atoms with Crippen molar-refractivity contribution in [2.45, 2.75) is 46.6 Å². The number of ether oxygens (including phenoxy) is 1. The van der Waals surface area contributed by atoms with Gasteiger partial charge >= 0.3 is 0 Å². The van der Waals surface area contributed by atoms with Gasteiger partial charge in [-0.25, -0.2) is 9.37 Å². The highest BCUT2D eigenvalue weighted by atomic mass is 32.1. The zero-order chi connectivity index (χ0) is 20.5. The van der Waals surface area contributed by atoms with Gasteiger partial charge in [-0.2, -0.15) is 13.5 Å². The van der Waals surface area contributed by atoms with E-state index < -0.39 is 0 Å². The summed E-state index contributed by atoms with van der Waals surface area (Å²) in [6.45, 7) is 10.6. The van der Waals surface area contributed by atoms with E-state index in [2.05, 4.69) is 21.8 Å². The Balaban J connectivity index is 0.00000256. The van der Waals surface area contributed by atoms with Crippen LogP contribution < -0.4 is 4.74 Å². The molecule has 1 fully saturated rings. The van der Waals surface area contributed by atoms with Crippen LogP contribution in [0.2, 0.25) is 0 Å². The summed E-state index contributed by atoms with van der Waals surface area (Å²) in [7, 11) is 0. The second kappa shape index (κ2) is 9.62. The van der Waals surface area contributed by atoms with Gasteiger partial charge in [0.15, 0.2) is 0 Å². The lowest BCUT2D eigenvalue weighted by molar-refractivity contribution is 0.0994. The maximum absolute atomic E-state index is 14.8. The van der Waals surface area contributed by atoms with Gasteiger partial charge in [0.25, 0.3) is 0 Å². The highest BCUT2D eigenvalue weighted by Gasteiger charge is 2.27. The molecule has 0 radical (unpaired) electrons. The number of hydrogen-bond donors (Lipinski definition) is 0. The van der Waals surface area contributed by atoms with Crippen LogP contribution in [0.3, 0.4) is 0 Å². The Labute approximate surface area is 188 Å². The van der Waals surface area contributed by atoms with Crippen molar-refractivity contribution in [3.05, 3.63) is 52.0 Å². The van der Waals surface area contributed by atoms with Crippen LogP contribution in [0.25, 0.3) is 10.2 Å². The van der Waals surface area contributed by atoms with Gasteiger partial charge in [-0.05, 0) is 59.2 Å². The van der Waals surface area contributed by atoms with Crippen molar-refractivity contribution in [1.82, 2.24) is 14.9 Å². The number of benzene rings is 1. The van der Waals surface area contributed by atoms with Gasteiger partial charge in [-0.1, -0.05) is 0 Å². The molecule has 1 aliphatic rings. The molecule has 1 unspecified atom stereocenters. The molecular weight excluding hydrogens is 417 g/mol. The van der Waals surface area contributed by atoms with Crippen molar-refractivity contribution >= 4 is 35.0 Å². The number of fused-ring (bicyclic) bond motifs is 1. The lowest BCUT2D eigenvalue weighted by atomic mass is 9.95. The minimum Gasteiger partial charge on any atom is -0.493 e. The summed E-state index contributed by atoms with van der Waals surface area (Å²) in [5, 5.41) is 0.973. The molecule has 4 nitrogen and oxygen atoms in total. The third-order valence-corrected chi connectivity index (χ3v) is 6.64. The first-order valence-corrected chi connectivity index (χ1v) is 11.1. The van der Waals surface area contributed by atoms with E-state index in [-0.39, 0.29) is 25.4 Å². The summed E-state index contributed by atoms with van der Waals surface area (Å²) >= 11 is 1.54. The number of halogens is 1. The largest absolute Gasteiger partial charge is 0.493 e. The maximum Gasteiger partial charge on any atom is 0.129 e. The van der Waals surface area contributed by atoms with E-state index in [1.165, 1.54) is 0 Å². The van der Waals surface area contributed by atoms with E-state index in [0.717, 1.165) is 63.9 Å². The molecule has 162 valence electrons. The summed E-state index contributed by atoms with van der Waals surface area (Å²) in [6.07, 6.45) is 2.24. The Kier molecular flexibility index (Phi) is 7.37. The third kappa shape index (κ3) is 5.13. The summed E-state index contributed by atoms with van der Waals surface area (Å²) in [4.78, 5) is 11.3. The number of likely N-dealkylation sites (tertiary alicyclic amines) is 1. The highest BCUT2D eigenvalue weighted by Crippen LogP contribution is 2.32. The predicted octanol–water partition coefficient (Wildman–Crippen LogP) is 5.72. The van der Waals surface area contributed by atoms with Gasteiger partial charge in [0.2, 0.25) is 0 Å². The minimum absolute atomic E-state index is 0. The molecule has 0 bridgehead atoms. The second-order valence-corrected chi connectivity index (χ2v) is 9.38. The molecule has 0 amide bonds. The topological polar surface area (TPSA) is 38.2 Å². The number of aromatic nitrogens is 2. The maximum atomic E-state index is 14.8. The SMILES string of the molecule is Cc1cc(OC[C@H]2CCCN(C(C)c3cc4nc(C)sc4cc3F)C2)cc(C)n1.S. The lowest BCUT2D eigenvalue weighted by Crippen LogP contribution is -2.39. The van der Waals surface area contributed by atoms with Gasteiger partial charge < -0.3 is 4.74 Å². The van der Waals surface area contributed by atoms with Crippen molar-refractivity contribution in [3.8, 4) is 5.75 Å². The number of hydrogen-bond acceptors (Lipinski definition) is 5. The molecule has 1 aromatic carbocycles. The number of piperidine rings is 1.